The first-order chi connectivity index (χ1) is 23.8. The molecule has 0 unspecified atom stereocenters. The van der Waals surface area contributed by atoms with Crippen LogP contribution in [0.4, 0.5) is 5.69 Å². The van der Waals surface area contributed by atoms with Gasteiger partial charge in [-0.25, -0.2) is 4.79 Å². The minimum absolute atomic E-state index is 0.0402. The molecule has 5 aliphatic carbocycles. The smallest absolute Gasteiger partial charge is 0.340 e. The Morgan fingerprint density at radius 2 is 1.82 bits per heavy atom. The minimum atomic E-state index is -1.70. The maximum atomic E-state index is 14.0. The molecule has 1 aliphatic heterocycles. The molecule has 14 atom stereocenters. The quantitative estimate of drug-likeness (QED) is 0.233. The third kappa shape index (κ3) is 4.46. The van der Waals surface area contributed by atoms with Gasteiger partial charge < -0.3 is 44.9 Å². The van der Waals surface area contributed by atoms with Crippen LogP contribution in [0.25, 0.3) is 0 Å². The summed E-state index contributed by atoms with van der Waals surface area (Å²) in [4.78, 5) is 40.5. The summed E-state index contributed by atoms with van der Waals surface area (Å²) < 4.78 is 31.3. The highest BCUT2D eigenvalue weighted by atomic mass is 16.5. The predicted octanol–water partition coefficient (Wildman–Crippen LogP) is 1.59. The number of para-hydroxylation sites is 1. The monoisotopic (exact) mass is 699 g/mol. The summed E-state index contributed by atoms with van der Waals surface area (Å²) in [6.07, 6.45) is 0.586. The zero-order valence-electron chi connectivity index (χ0n) is 29.9. The second-order valence-electron chi connectivity index (χ2n) is 15.9. The van der Waals surface area contributed by atoms with Crippen LogP contribution >= 0.6 is 0 Å². The number of fused-ring (bicyclic) bond motifs is 2. The van der Waals surface area contributed by atoms with E-state index in [1.54, 1.807) is 59.6 Å². The van der Waals surface area contributed by atoms with Crippen molar-refractivity contribution in [3.8, 4) is 0 Å². The molecule has 0 radical (unpaired) electrons. The highest BCUT2D eigenvalue weighted by Gasteiger charge is 2.91. The van der Waals surface area contributed by atoms with E-state index < -0.39 is 57.9 Å². The number of rotatable bonds is 12. The molecular weight excluding hydrogens is 646 g/mol. The third-order valence-electron chi connectivity index (χ3n) is 14.2. The third-order valence-corrected chi connectivity index (χ3v) is 14.2. The van der Waals surface area contributed by atoms with Crippen LogP contribution in [0.5, 0.6) is 0 Å². The Balaban J connectivity index is 1.29. The fraction of sp³-hybridized carbons (Fsp3) is 0.757. The minimum Gasteiger partial charge on any atom is -0.461 e. The SMILES string of the molecule is CCN1C[C@]2(COC(=O)c3ccccc3NC(=O)[C@H](C)CC(N)=O)CC[C@H](OC)[C@@]34[C@@H]5C[C@H]6[C@@H](OC)[C@@H]5[C@](O)(C[C@@H]6OC)[C@@](O)([C@@H](OC)[C@H]23)[C@@H]14. The van der Waals surface area contributed by atoms with Crippen molar-refractivity contribution in [3.63, 3.8) is 0 Å². The number of nitrogens with one attached hydrogen (secondary N) is 1. The van der Waals surface area contributed by atoms with E-state index in [2.05, 4.69) is 17.1 Å². The van der Waals surface area contributed by atoms with Crippen LogP contribution in [-0.4, -0.2) is 123 Å². The number of hydrogen-bond acceptors (Lipinski definition) is 11. The van der Waals surface area contributed by atoms with Crippen molar-refractivity contribution < 1.29 is 48.3 Å². The van der Waals surface area contributed by atoms with Crippen LogP contribution < -0.4 is 11.1 Å². The number of methoxy groups -OCH3 is 4. The van der Waals surface area contributed by atoms with Crippen molar-refractivity contribution in [3.05, 3.63) is 29.8 Å². The number of anilines is 1. The lowest BCUT2D eigenvalue weighted by atomic mass is 9.42. The first-order valence-corrected chi connectivity index (χ1v) is 18.0. The Morgan fingerprint density at radius 1 is 1.08 bits per heavy atom. The van der Waals surface area contributed by atoms with Crippen molar-refractivity contribution in [2.45, 2.75) is 87.6 Å². The van der Waals surface area contributed by atoms with E-state index >= 15 is 0 Å². The van der Waals surface area contributed by atoms with Gasteiger partial charge in [0, 0.05) is 82.3 Å². The number of esters is 1. The Labute approximate surface area is 293 Å². The number of carbonyl (C=O) groups is 3. The molecule has 7 rings (SSSR count). The van der Waals surface area contributed by atoms with Gasteiger partial charge in [0.2, 0.25) is 11.8 Å². The van der Waals surface area contributed by atoms with Gasteiger partial charge in [0.15, 0.2) is 0 Å². The molecule has 0 aromatic heterocycles. The van der Waals surface area contributed by atoms with E-state index in [0.29, 0.717) is 25.9 Å². The highest BCUT2D eigenvalue weighted by molar-refractivity contribution is 6.02. The lowest BCUT2D eigenvalue weighted by Crippen LogP contribution is -2.82. The summed E-state index contributed by atoms with van der Waals surface area (Å²) in [5.41, 5.74) is 1.21. The zero-order valence-corrected chi connectivity index (χ0v) is 29.9. The highest BCUT2D eigenvalue weighted by Crippen LogP contribution is 2.80. The van der Waals surface area contributed by atoms with Gasteiger partial charge >= 0.3 is 5.97 Å². The van der Waals surface area contributed by atoms with Crippen molar-refractivity contribution in [2.75, 3.05) is 53.5 Å². The summed E-state index contributed by atoms with van der Waals surface area (Å²) in [5, 5.41) is 29.3. The number of carbonyl (C=O) groups excluding carboxylic acids is 3. The Bertz CT molecular complexity index is 1530. The number of piperidine rings is 1. The van der Waals surface area contributed by atoms with E-state index in [1.165, 1.54) is 0 Å². The number of primary amides is 1. The molecule has 5 N–H and O–H groups in total. The Kier molecular flexibility index (Phi) is 8.93. The number of likely N-dealkylation sites (tertiary alicyclic amines) is 1. The lowest BCUT2D eigenvalue weighted by Gasteiger charge is -2.70. The Hall–Kier alpha value is -2.65. The van der Waals surface area contributed by atoms with E-state index in [4.69, 9.17) is 29.4 Å². The first-order valence-electron chi connectivity index (χ1n) is 18.0. The molecule has 1 heterocycles. The molecule has 6 aliphatic rings. The van der Waals surface area contributed by atoms with Crippen molar-refractivity contribution in [2.24, 2.45) is 46.2 Å². The number of benzene rings is 1. The van der Waals surface area contributed by atoms with Crippen LogP contribution in [0.1, 0.15) is 56.3 Å². The van der Waals surface area contributed by atoms with Crippen molar-refractivity contribution >= 4 is 23.5 Å². The van der Waals surface area contributed by atoms with Crippen LogP contribution in [0, 0.1) is 40.4 Å². The summed E-state index contributed by atoms with van der Waals surface area (Å²) in [5.74, 6) is -3.02. The van der Waals surface area contributed by atoms with Crippen LogP contribution in [0.2, 0.25) is 0 Å². The van der Waals surface area contributed by atoms with Gasteiger partial charge in [0.25, 0.3) is 0 Å². The summed E-state index contributed by atoms with van der Waals surface area (Å²) in [7, 11) is 6.69. The van der Waals surface area contributed by atoms with Crippen molar-refractivity contribution in [1.29, 1.82) is 0 Å². The molecule has 2 amide bonds. The zero-order chi connectivity index (χ0) is 36.0. The number of nitrogens with two attached hydrogens (primary N) is 1. The molecule has 5 saturated carbocycles. The number of amides is 2. The maximum Gasteiger partial charge on any atom is 0.340 e. The number of likely N-dealkylation sites (N-methyl/N-ethyl adjacent to an activating group) is 1. The second-order valence-corrected chi connectivity index (χ2v) is 15.9. The molecular formula is C37H53N3O10. The second kappa shape index (κ2) is 12.5. The van der Waals surface area contributed by atoms with Gasteiger partial charge in [-0.05, 0) is 43.9 Å². The molecule has 1 saturated heterocycles. The van der Waals surface area contributed by atoms with Crippen LogP contribution in [0.15, 0.2) is 24.3 Å². The van der Waals surface area contributed by atoms with E-state index in [0.717, 1.165) is 6.42 Å². The molecule has 13 heteroatoms. The average molecular weight is 700 g/mol. The van der Waals surface area contributed by atoms with Gasteiger partial charge in [-0.3, -0.25) is 14.5 Å². The lowest BCUT2D eigenvalue weighted by molar-refractivity contribution is -0.320. The molecule has 6 fully saturated rings. The summed E-state index contributed by atoms with van der Waals surface area (Å²) in [6.45, 7) is 4.84. The van der Waals surface area contributed by atoms with Crippen LogP contribution in [-0.2, 0) is 33.3 Å². The predicted molar refractivity (Wildman–Crippen MR) is 180 cm³/mol. The normalized spacial score (nSPS) is 44.4. The van der Waals surface area contributed by atoms with E-state index in [-0.39, 0.29) is 72.7 Å². The number of hydrogen-bond donors (Lipinski definition) is 4. The largest absolute Gasteiger partial charge is 0.461 e. The molecule has 1 spiro atoms. The fourth-order valence-corrected chi connectivity index (χ4v) is 12.7. The topological polar surface area (TPSA) is 179 Å². The molecule has 50 heavy (non-hydrogen) atoms. The van der Waals surface area contributed by atoms with E-state index in [1.807, 2.05) is 0 Å². The van der Waals surface area contributed by atoms with Gasteiger partial charge in [-0.2, -0.15) is 0 Å². The van der Waals surface area contributed by atoms with E-state index in [9.17, 15) is 24.6 Å². The number of ether oxygens (including phenoxy) is 5. The van der Waals surface area contributed by atoms with Crippen LogP contribution in [0.3, 0.4) is 0 Å². The number of nitrogens with zero attached hydrogens (tertiary/aromatic N) is 1. The Morgan fingerprint density at radius 3 is 2.46 bits per heavy atom. The van der Waals surface area contributed by atoms with Gasteiger partial charge in [0.05, 0.1) is 48.3 Å². The maximum absolute atomic E-state index is 14.0. The molecule has 1 aromatic rings. The molecule has 13 nitrogen and oxygen atoms in total. The standard InChI is InChI=1S/C37H53N3O10/c1-7-40-17-34(18-50-32(43)20-10-8-9-11-23(20)39-31(42)19(2)14-26(38)41)13-12-25(47-4)36-22-15-21-24(46-3)16-35(44,27(22)28(21)48-5)37(45,33(36)40)30(49-6)29(34)36/h8-11,19,21-22,24-25,27-30,33,44-45H,7,12-18H2,1-6H3,(H2,38,41)(H,39,42)/t19-,21-,22-,24+,25+,27-,28-,29-,30+,33+,34+,35-,36+,37-/m1/s1. The summed E-state index contributed by atoms with van der Waals surface area (Å²) in [6, 6.07) is 6.16. The van der Waals surface area contributed by atoms with Gasteiger partial charge in [-0.1, -0.05) is 26.0 Å². The average Bonchev–Trinajstić information content (AvgIpc) is 3.52. The summed E-state index contributed by atoms with van der Waals surface area (Å²) >= 11 is 0. The van der Waals surface area contributed by atoms with Crippen molar-refractivity contribution in [1.82, 2.24) is 4.90 Å². The number of aliphatic hydroxyl groups is 2. The molecule has 276 valence electrons. The first kappa shape index (κ1) is 35.7. The molecule has 1 aromatic carbocycles. The molecule has 7 bridgehead atoms. The van der Waals surface area contributed by atoms with Gasteiger partial charge in [-0.15, -0.1) is 0 Å². The van der Waals surface area contributed by atoms with Gasteiger partial charge in [0.1, 0.15) is 11.2 Å². The fourth-order valence-electron chi connectivity index (χ4n) is 12.7.